The molecule has 0 saturated heterocycles. The first-order valence-electron chi connectivity index (χ1n) is 19.6. The quantitative estimate of drug-likeness (QED) is 0.159. The van der Waals surface area contributed by atoms with Gasteiger partial charge < -0.3 is 5.41 Å². The van der Waals surface area contributed by atoms with Crippen molar-refractivity contribution >= 4 is 49.9 Å². The maximum atomic E-state index is 8.97. The van der Waals surface area contributed by atoms with Crippen LogP contribution >= 0.6 is 0 Å². The van der Waals surface area contributed by atoms with E-state index in [0.717, 1.165) is 33.2 Å². The molecule has 1 aliphatic rings. The monoisotopic (exact) mass is 728 g/mol. The number of hydrogen-bond donors (Lipinski definition) is 1. The summed E-state index contributed by atoms with van der Waals surface area (Å²) in [5.74, 6) is 0. The highest BCUT2D eigenvalue weighted by molar-refractivity contribution is 6.12. The van der Waals surface area contributed by atoms with Crippen LogP contribution < -0.4 is 0 Å². The number of rotatable bonds is 7. The van der Waals surface area contributed by atoms with E-state index in [9.17, 15) is 0 Å². The third kappa shape index (κ3) is 6.07. The maximum Gasteiger partial charge on any atom is 0.0723 e. The average molecular weight is 729 g/mol. The molecule has 0 amide bonds. The van der Waals surface area contributed by atoms with Crippen LogP contribution in [-0.2, 0) is 5.41 Å². The van der Waals surface area contributed by atoms with Gasteiger partial charge in [0.1, 0.15) is 0 Å². The van der Waals surface area contributed by atoms with Crippen LogP contribution in [0.25, 0.3) is 71.4 Å². The van der Waals surface area contributed by atoms with Crippen molar-refractivity contribution in [3.63, 3.8) is 0 Å². The van der Waals surface area contributed by atoms with E-state index in [1.165, 1.54) is 66.1 Å². The molecule has 0 saturated carbocycles. The molecule has 2 nitrogen and oxygen atoms in total. The minimum atomic E-state index is -0.144. The summed E-state index contributed by atoms with van der Waals surface area (Å²) >= 11 is 0. The summed E-state index contributed by atoms with van der Waals surface area (Å²) in [5, 5.41) is 16.1. The number of fused-ring (bicyclic) bond motifs is 6. The third-order valence-corrected chi connectivity index (χ3v) is 11.7. The van der Waals surface area contributed by atoms with Crippen molar-refractivity contribution in [1.82, 2.24) is 0 Å². The fourth-order valence-corrected chi connectivity index (χ4v) is 8.87. The lowest BCUT2D eigenvalue weighted by Crippen LogP contribution is -2.16. The van der Waals surface area contributed by atoms with Crippen LogP contribution in [0.4, 0.5) is 0 Å². The fraction of sp³-hybridized carbons (Fsp3) is 0.0545. The van der Waals surface area contributed by atoms with Crippen molar-refractivity contribution in [2.75, 3.05) is 0 Å². The Balaban J connectivity index is 1.04. The molecule has 270 valence electrons. The van der Waals surface area contributed by atoms with Gasteiger partial charge in [0.05, 0.1) is 11.4 Å². The molecule has 9 aromatic carbocycles. The summed E-state index contributed by atoms with van der Waals surface area (Å²) in [6, 6.07) is 66.9. The number of allylic oxidation sites excluding steroid dienone is 1. The number of nitrogens with zero attached hydrogens (tertiary/aromatic N) is 1. The predicted molar refractivity (Wildman–Crippen MR) is 243 cm³/mol. The Morgan fingerprint density at radius 2 is 1.11 bits per heavy atom. The number of hydrogen-bond acceptors (Lipinski definition) is 2. The fourth-order valence-electron chi connectivity index (χ4n) is 8.87. The molecule has 0 aliphatic heterocycles. The van der Waals surface area contributed by atoms with Gasteiger partial charge >= 0.3 is 0 Å². The van der Waals surface area contributed by atoms with Gasteiger partial charge in [0.25, 0.3) is 0 Å². The van der Waals surface area contributed by atoms with Crippen molar-refractivity contribution in [2.24, 2.45) is 4.99 Å². The highest BCUT2D eigenvalue weighted by atomic mass is 14.7. The van der Waals surface area contributed by atoms with Crippen LogP contribution in [0.15, 0.2) is 199 Å². The summed E-state index contributed by atoms with van der Waals surface area (Å²) in [6.45, 7) is 4.75. The highest BCUT2D eigenvalue weighted by Gasteiger charge is 2.37. The first-order chi connectivity index (χ1) is 27.9. The Morgan fingerprint density at radius 3 is 1.89 bits per heavy atom. The van der Waals surface area contributed by atoms with Gasteiger partial charge in [-0.3, -0.25) is 4.99 Å². The van der Waals surface area contributed by atoms with Crippen molar-refractivity contribution in [3.8, 4) is 33.4 Å². The van der Waals surface area contributed by atoms with Gasteiger partial charge in [0.15, 0.2) is 0 Å². The van der Waals surface area contributed by atoms with Gasteiger partial charge in [-0.25, -0.2) is 0 Å². The minimum Gasteiger partial charge on any atom is -0.300 e. The second-order valence-electron chi connectivity index (χ2n) is 15.6. The second kappa shape index (κ2) is 13.8. The lowest BCUT2D eigenvalue weighted by atomic mass is 9.78. The summed E-state index contributed by atoms with van der Waals surface area (Å²) in [6.07, 6.45) is 3.83. The maximum absolute atomic E-state index is 8.97. The van der Waals surface area contributed by atoms with Crippen molar-refractivity contribution in [3.05, 3.63) is 222 Å². The molecule has 9 aromatic rings. The van der Waals surface area contributed by atoms with E-state index in [-0.39, 0.29) is 5.41 Å². The number of aliphatic imine (C=N–C) groups is 1. The molecule has 0 radical (unpaired) electrons. The topological polar surface area (TPSA) is 36.2 Å². The molecular formula is C55H40N2. The first-order valence-corrected chi connectivity index (χ1v) is 19.6. The van der Waals surface area contributed by atoms with E-state index in [1.807, 2.05) is 42.6 Å². The van der Waals surface area contributed by atoms with Crippen LogP contribution in [0.3, 0.4) is 0 Å². The molecule has 0 bridgehead atoms. The Labute approximate surface area is 333 Å². The lowest BCUT2D eigenvalue weighted by molar-refractivity contribution is 0.663. The van der Waals surface area contributed by atoms with E-state index in [4.69, 9.17) is 10.4 Å². The second-order valence-corrected chi connectivity index (χ2v) is 15.6. The largest absolute Gasteiger partial charge is 0.300 e. The van der Waals surface area contributed by atoms with Gasteiger partial charge in [-0.1, -0.05) is 178 Å². The van der Waals surface area contributed by atoms with E-state index < -0.39 is 0 Å². The molecule has 0 atom stereocenters. The van der Waals surface area contributed by atoms with E-state index in [0.29, 0.717) is 5.71 Å². The van der Waals surface area contributed by atoms with E-state index in [2.05, 4.69) is 172 Å². The summed E-state index contributed by atoms with van der Waals surface area (Å²) in [7, 11) is 0. The molecule has 0 aromatic heterocycles. The molecule has 0 fully saturated rings. The van der Waals surface area contributed by atoms with Gasteiger partial charge in [-0.2, -0.15) is 0 Å². The first kappa shape index (κ1) is 34.3. The minimum absolute atomic E-state index is 0.144. The van der Waals surface area contributed by atoms with Gasteiger partial charge in [-0.15, -0.1) is 0 Å². The smallest absolute Gasteiger partial charge is 0.0723 e. The normalized spacial score (nSPS) is 13.3. The number of benzene rings is 9. The summed E-state index contributed by atoms with van der Waals surface area (Å²) in [5.41, 5.74) is 14.2. The van der Waals surface area contributed by atoms with E-state index in [1.54, 1.807) is 0 Å². The van der Waals surface area contributed by atoms with Crippen LogP contribution in [0.2, 0.25) is 0 Å². The Bertz CT molecular complexity index is 3110. The molecule has 57 heavy (non-hydrogen) atoms. The highest BCUT2D eigenvalue weighted by Crippen LogP contribution is 2.53. The zero-order valence-corrected chi connectivity index (χ0v) is 32.0. The van der Waals surface area contributed by atoms with Crippen LogP contribution in [0, 0.1) is 5.41 Å². The molecule has 0 spiro atoms. The molecule has 1 aliphatic carbocycles. The molecule has 1 N–H and O–H groups in total. The van der Waals surface area contributed by atoms with Crippen LogP contribution in [-0.4, -0.2) is 11.9 Å². The van der Waals surface area contributed by atoms with Crippen LogP contribution in [0.5, 0.6) is 0 Å². The van der Waals surface area contributed by atoms with Crippen LogP contribution in [0.1, 0.15) is 41.7 Å². The van der Waals surface area contributed by atoms with Gasteiger partial charge in [0.2, 0.25) is 0 Å². The summed E-state index contributed by atoms with van der Waals surface area (Å²) in [4.78, 5) is 5.12. The molecule has 2 heteroatoms. The molecule has 0 heterocycles. The third-order valence-electron chi connectivity index (χ3n) is 11.7. The lowest BCUT2D eigenvalue weighted by Gasteiger charge is -2.25. The van der Waals surface area contributed by atoms with Crippen molar-refractivity contribution in [1.29, 1.82) is 5.41 Å². The van der Waals surface area contributed by atoms with Crippen molar-refractivity contribution in [2.45, 2.75) is 19.3 Å². The molecule has 0 unspecified atom stereocenters. The molecular weight excluding hydrogens is 689 g/mol. The summed E-state index contributed by atoms with van der Waals surface area (Å²) < 4.78 is 0. The SMILES string of the molecule is CC1(C)c2cc3ccccc3cc2-c2cccc(-c3cccc(-c4ccc(C=N/C(=C\C(=N)c5ccccc5)c5ccc6ccccc6c5)c5ccccc45)c3)c21. The Morgan fingerprint density at radius 1 is 0.474 bits per heavy atom. The standard InChI is InChI=1S/C55H40N2/c1-55(2)51-33-40-19-9-8-18-39(40)32-50(51)49-25-13-24-47(54(49)55)42-21-12-20-41(31-42)46-29-28-44(45-22-10-11-23-48(45)46)35-57-53(34-52(56)37-15-4-3-5-16-37)43-27-26-36-14-6-7-17-38(36)30-43/h3-35,56H,1-2H3/b53-34-,56-52?,57-35?. The Hall–Kier alpha value is -7.16. The van der Waals surface area contributed by atoms with Crippen molar-refractivity contribution < 1.29 is 0 Å². The van der Waals surface area contributed by atoms with Gasteiger partial charge in [-0.05, 0) is 113 Å². The Kier molecular flexibility index (Phi) is 8.34. The molecule has 10 rings (SSSR count). The zero-order valence-electron chi connectivity index (χ0n) is 32.0. The average Bonchev–Trinajstić information content (AvgIpc) is 3.49. The van der Waals surface area contributed by atoms with Gasteiger partial charge in [0, 0.05) is 22.8 Å². The van der Waals surface area contributed by atoms with E-state index >= 15 is 0 Å². The predicted octanol–water partition coefficient (Wildman–Crippen LogP) is 14.3. The number of nitrogens with one attached hydrogen (secondary N) is 1. The zero-order chi connectivity index (χ0) is 38.5.